The number of aliphatic hydroxyl groups is 1. The number of oxime groups is 1. The molecule has 6 nitrogen and oxygen atoms in total. The number of rotatable bonds is 3. The number of fused-ring (bicyclic) bond motifs is 1. The van der Waals surface area contributed by atoms with Crippen molar-refractivity contribution in [1.29, 1.82) is 0 Å². The van der Waals surface area contributed by atoms with Crippen molar-refractivity contribution in [2.24, 2.45) is 5.16 Å². The van der Waals surface area contributed by atoms with E-state index in [0.717, 1.165) is 31.5 Å². The molecule has 0 atom stereocenters. The van der Waals surface area contributed by atoms with Crippen LogP contribution in [-0.4, -0.2) is 39.2 Å². The van der Waals surface area contributed by atoms with Gasteiger partial charge in [0.1, 0.15) is 5.75 Å². The number of phenolic OH excluding ortho intramolecular Hbond substituents is 2. The summed E-state index contributed by atoms with van der Waals surface area (Å²) in [6.07, 6.45) is 5.16. The maximum atomic E-state index is 10.6. The van der Waals surface area contributed by atoms with Crippen LogP contribution in [0.15, 0.2) is 47.6 Å². The van der Waals surface area contributed by atoms with Gasteiger partial charge in [-0.25, -0.2) is 0 Å². The summed E-state index contributed by atoms with van der Waals surface area (Å²) in [4.78, 5) is 7.50. The third kappa shape index (κ3) is 3.75. The number of aliphatic hydroxyl groups excluding tert-OH is 1. The van der Waals surface area contributed by atoms with Gasteiger partial charge in [-0.05, 0) is 60.8 Å². The fourth-order valence-corrected chi connectivity index (χ4v) is 3.68. The first-order valence-electron chi connectivity index (χ1n) is 9.08. The number of benzene rings is 2. The van der Waals surface area contributed by atoms with E-state index in [2.05, 4.69) is 10.1 Å². The van der Waals surface area contributed by atoms with Gasteiger partial charge in [0.05, 0.1) is 0 Å². The van der Waals surface area contributed by atoms with E-state index in [1.165, 1.54) is 11.6 Å². The number of piperidine rings is 1. The number of phenols is 2. The highest BCUT2D eigenvalue weighted by atomic mass is 16.6. The van der Waals surface area contributed by atoms with Gasteiger partial charge in [-0.2, -0.15) is 0 Å². The topological polar surface area (TPSA) is 85.5 Å². The highest BCUT2D eigenvalue weighted by Crippen LogP contribution is 2.37. The van der Waals surface area contributed by atoms with Crippen molar-refractivity contribution >= 4 is 12.0 Å². The third-order valence-electron chi connectivity index (χ3n) is 5.23. The lowest BCUT2D eigenvalue weighted by Crippen LogP contribution is -2.32. The molecule has 0 aliphatic carbocycles. The molecular weight excluding hydrogens is 344 g/mol. The first-order valence-corrected chi connectivity index (χ1v) is 9.08. The molecule has 0 spiro atoms. The zero-order valence-corrected chi connectivity index (χ0v) is 14.9. The molecule has 0 saturated carbocycles. The molecular formula is C21H22N2O4. The van der Waals surface area contributed by atoms with Crippen LogP contribution in [0, 0.1) is 0 Å². The van der Waals surface area contributed by atoms with Gasteiger partial charge in [0.25, 0.3) is 0 Å². The Morgan fingerprint density at radius 3 is 2.44 bits per heavy atom. The molecule has 2 aromatic carbocycles. The minimum absolute atomic E-state index is 0.0660. The van der Waals surface area contributed by atoms with E-state index < -0.39 is 0 Å². The molecule has 1 fully saturated rings. The third-order valence-corrected chi connectivity index (χ3v) is 5.23. The van der Waals surface area contributed by atoms with Gasteiger partial charge < -0.3 is 20.2 Å². The smallest absolute Gasteiger partial charge is 0.248 e. The van der Waals surface area contributed by atoms with Crippen LogP contribution in [0.5, 0.6) is 17.2 Å². The Morgan fingerprint density at radius 2 is 1.70 bits per heavy atom. The molecule has 0 aromatic heterocycles. The number of hydrogen-bond donors (Lipinski definition) is 3. The molecule has 0 amide bonds. The van der Waals surface area contributed by atoms with E-state index in [1.807, 2.05) is 24.3 Å². The largest absolute Gasteiger partial charge is 0.508 e. The predicted octanol–water partition coefficient (Wildman–Crippen LogP) is 3.75. The molecule has 4 rings (SSSR count). The fraction of sp³-hybridized carbons (Fsp3) is 0.286. The Labute approximate surface area is 157 Å². The summed E-state index contributed by atoms with van der Waals surface area (Å²) >= 11 is 0. The summed E-state index contributed by atoms with van der Waals surface area (Å²) < 4.78 is 0. The zero-order valence-electron chi connectivity index (χ0n) is 14.9. The van der Waals surface area contributed by atoms with Crippen LogP contribution in [0.2, 0.25) is 0 Å². The fourth-order valence-electron chi connectivity index (χ4n) is 3.68. The number of nitrogens with zero attached hydrogens (tertiary/aromatic N) is 2. The Balaban J connectivity index is 1.42. The molecule has 0 unspecified atom stereocenters. The lowest BCUT2D eigenvalue weighted by atomic mass is 9.89. The van der Waals surface area contributed by atoms with Gasteiger partial charge in [0.2, 0.25) is 11.6 Å². The average molecular weight is 366 g/mol. The van der Waals surface area contributed by atoms with Crippen molar-refractivity contribution in [1.82, 2.24) is 4.90 Å². The van der Waals surface area contributed by atoms with Gasteiger partial charge in [0, 0.05) is 23.7 Å². The Bertz CT molecular complexity index is 882. The van der Waals surface area contributed by atoms with Crippen LogP contribution < -0.4 is 4.84 Å². The second kappa shape index (κ2) is 7.32. The minimum Gasteiger partial charge on any atom is -0.508 e. The van der Waals surface area contributed by atoms with Crippen molar-refractivity contribution < 1.29 is 20.2 Å². The van der Waals surface area contributed by atoms with Crippen molar-refractivity contribution in [2.75, 3.05) is 13.1 Å². The van der Waals surface area contributed by atoms with Crippen LogP contribution in [0.3, 0.4) is 0 Å². The summed E-state index contributed by atoms with van der Waals surface area (Å²) in [6.45, 7) is 2.49. The first kappa shape index (κ1) is 17.4. The monoisotopic (exact) mass is 366 g/mol. The van der Waals surface area contributed by atoms with Gasteiger partial charge >= 0.3 is 0 Å². The molecule has 2 aliphatic rings. The van der Waals surface area contributed by atoms with Crippen molar-refractivity contribution in [3.8, 4) is 17.2 Å². The molecule has 2 aromatic rings. The van der Waals surface area contributed by atoms with Gasteiger partial charge in [-0.15, -0.1) is 0 Å². The van der Waals surface area contributed by atoms with Crippen LogP contribution >= 0.6 is 0 Å². The van der Waals surface area contributed by atoms with E-state index >= 15 is 0 Å². The highest BCUT2D eigenvalue weighted by Gasteiger charge is 2.23. The van der Waals surface area contributed by atoms with E-state index in [9.17, 15) is 15.3 Å². The average Bonchev–Trinajstić information content (AvgIpc) is 2.87. The predicted molar refractivity (Wildman–Crippen MR) is 103 cm³/mol. The lowest BCUT2D eigenvalue weighted by Gasteiger charge is -2.32. The van der Waals surface area contributed by atoms with E-state index in [1.54, 1.807) is 18.2 Å². The van der Waals surface area contributed by atoms with Crippen LogP contribution in [0.4, 0.5) is 0 Å². The van der Waals surface area contributed by atoms with Crippen molar-refractivity contribution in [3.05, 3.63) is 59.2 Å². The molecule has 0 radical (unpaired) electrons. The van der Waals surface area contributed by atoms with Gasteiger partial charge in [-0.1, -0.05) is 24.3 Å². The minimum atomic E-state index is -0.233. The van der Waals surface area contributed by atoms with Crippen LogP contribution in [0.1, 0.15) is 35.4 Å². The molecule has 2 heterocycles. The quantitative estimate of drug-likeness (QED) is 0.770. The van der Waals surface area contributed by atoms with Crippen LogP contribution in [0.25, 0.3) is 6.08 Å². The Kier molecular flexibility index (Phi) is 4.73. The molecule has 1 saturated heterocycles. The maximum absolute atomic E-state index is 10.6. The summed E-state index contributed by atoms with van der Waals surface area (Å²) in [7, 11) is 0. The van der Waals surface area contributed by atoms with E-state index in [0.29, 0.717) is 23.8 Å². The summed E-state index contributed by atoms with van der Waals surface area (Å²) in [6, 6.07) is 11.2. The molecule has 6 heteroatoms. The molecule has 27 heavy (non-hydrogen) atoms. The highest BCUT2D eigenvalue weighted by molar-refractivity contribution is 5.91. The van der Waals surface area contributed by atoms with Gasteiger partial charge in [-0.3, -0.25) is 4.90 Å². The lowest BCUT2D eigenvalue weighted by molar-refractivity contribution is 0.201. The van der Waals surface area contributed by atoms with E-state index in [4.69, 9.17) is 4.84 Å². The number of likely N-dealkylation sites (tertiary alicyclic amines) is 1. The molecule has 2 aliphatic heterocycles. The summed E-state index contributed by atoms with van der Waals surface area (Å²) in [5, 5.41) is 33.0. The Morgan fingerprint density at radius 1 is 0.963 bits per heavy atom. The molecule has 3 N–H and O–H groups in total. The van der Waals surface area contributed by atoms with Crippen molar-refractivity contribution in [3.63, 3.8) is 0 Å². The van der Waals surface area contributed by atoms with Gasteiger partial charge in [0.15, 0.2) is 5.75 Å². The van der Waals surface area contributed by atoms with Crippen molar-refractivity contribution in [2.45, 2.75) is 25.3 Å². The summed E-state index contributed by atoms with van der Waals surface area (Å²) in [5.74, 6) is 0.893. The molecule has 140 valence electrons. The SMILES string of the molecule is OC1=NOc2c(ccc(CN3CCC(c4ccc(O)cc4)CC3)c2O)C=C1. The number of aromatic hydroxyl groups is 2. The molecule has 0 bridgehead atoms. The Hall–Kier alpha value is -2.99. The standard InChI is InChI=1S/C21H22N2O4/c24-18-6-3-14(4-7-18)15-9-11-23(12-10-15)13-17-2-1-16-5-8-19(25)22-27-21(16)20(17)26/h1-8,15,24,26H,9-13H2,(H,22,25). The van der Waals surface area contributed by atoms with E-state index in [-0.39, 0.29) is 17.4 Å². The number of hydrogen-bond acceptors (Lipinski definition) is 5. The zero-order chi connectivity index (χ0) is 18.8. The first-order chi connectivity index (χ1) is 13.1. The second-order valence-electron chi connectivity index (χ2n) is 7.01. The summed E-state index contributed by atoms with van der Waals surface area (Å²) in [5.41, 5.74) is 2.72. The normalized spacial score (nSPS) is 17.7. The second-order valence-corrected chi connectivity index (χ2v) is 7.01. The van der Waals surface area contributed by atoms with Crippen LogP contribution in [-0.2, 0) is 6.54 Å². The maximum Gasteiger partial charge on any atom is 0.248 e.